The minimum Gasteiger partial charge on any atom is -0.352 e. The molecule has 0 aliphatic carbocycles. The van der Waals surface area contributed by atoms with Crippen LogP contribution in [0.1, 0.15) is 29.7 Å². The number of amides is 1. The van der Waals surface area contributed by atoms with Crippen molar-refractivity contribution in [3.8, 4) is 11.3 Å². The molecule has 0 aliphatic rings. The predicted molar refractivity (Wildman–Crippen MR) is 121 cm³/mol. The monoisotopic (exact) mass is 495 g/mol. The van der Waals surface area contributed by atoms with E-state index in [9.17, 15) is 26.6 Å². The zero-order valence-electron chi connectivity index (χ0n) is 18.1. The Bertz CT molecular complexity index is 1210. The van der Waals surface area contributed by atoms with E-state index in [1.165, 1.54) is 32.2 Å². The molecule has 3 rings (SSSR count). The van der Waals surface area contributed by atoms with E-state index in [2.05, 4.69) is 10.3 Å². The van der Waals surface area contributed by atoms with Crippen LogP contribution in [0.5, 0.6) is 0 Å². The number of alkyl halides is 3. The molecule has 180 valence electrons. The van der Waals surface area contributed by atoms with E-state index in [-0.39, 0.29) is 23.5 Å². The predicted octanol–water partition coefficient (Wildman–Crippen LogP) is 4.90. The molecule has 1 aromatic heterocycles. The Morgan fingerprint density at radius 3 is 2.41 bits per heavy atom. The Balaban J connectivity index is 1.79. The molecule has 1 heterocycles. The fourth-order valence-electron chi connectivity index (χ4n) is 3.22. The summed E-state index contributed by atoms with van der Waals surface area (Å²) in [5.74, 6) is -2.15. The van der Waals surface area contributed by atoms with Crippen LogP contribution in [0.3, 0.4) is 0 Å². The molecule has 2 atom stereocenters. The molecular weight excluding hydrogens is 474 g/mol. The third-order valence-corrected chi connectivity index (χ3v) is 5.82. The maximum Gasteiger partial charge on any atom is 0.433 e. The molecular formula is C23H21F4N3O3S. The number of aromatic nitrogens is 1. The van der Waals surface area contributed by atoms with E-state index in [0.29, 0.717) is 11.1 Å². The van der Waals surface area contributed by atoms with Gasteiger partial charge in [0.25, 0.3) is 11.3 Å². The maximum absolute atomic E-state index is 14.4. The third kappa shape index (κ3) is 5.97. The molecule has 2 unspecified atom stereocenters. The van der Waals surface area contributed by atoms with Crippen molar-refractivity contribution in [3.63, 3.8) is 0 Å². The number of halogens is 4. The smallest absolute Gasteiger partial charge is 0.352 e. The van der Waals surface area contributed by atoms with Crippen LogP contribution in [0, 0.1) is 5.82 Å². The van der Waals surface area contributed by atoms with Gasteiger partial charge >= 0.3 is 6.18 Å². The van der Waals surface area contributed by atoms with Gasteiger partial charge in [0.05, 0.1) is 17.3 Å². The molecule has 0 bridgehead atoms. The minimum absolute atomic E-state index is 0.121. The number of anilines is 1. The first kappa shape index (κ1) is 25.3. The van der Waals surface area contributed by atoms with Crippen LogP contribution in [0.2, 0.25) is 0 Å². The van der Waals surface area contributed by atoms with Crippen LogP contribution in [0.4, 0.5) is 23.2 Å². The number of rotatable bonds is 7. The molecule has 0 saturated heterocycles. The largest absolute Gasteiger partial charge is 0.433 e. The number of carbonyl (C=O) groups is 1. The average Bonchev–Trinajstić information content (AvgIpc) is 2.81. The number of benzene rings is 2. The molecule has 2 N–H and O–H groups in total. The molecule has 11 heteroatoms. The van der Waals surface area contributed by atoms with Gasteiger partial charge in [0.15, 0.2) is 0 Å². The van der Waals surface area contributed by atoms with Gasteiger partial charge in [-0.25, -0.2) is 13.6 Å². The molecule has 2 aromatic carbocycles. The minimum atomic E-state index is -4.67. The van der Waals surface area contributed by atoms with Crippen molar-refractivity contribution in [2.75, 3.05) is 11.4 Å². The Hall–Kier alpha value is -3.31. The Kier molecular flexibility index (Phi) is 7.68. The summed E-state index contributed by atoms with van der Waals surface area (Å²) in [7, 11) is 1.23. The first-order valence-corrected chi connectivity index (χ1v) is 11.1. The zero-order chi connectivity index (χ0) is 25.0. The maximum atomic E-state index is 14.4. The summed E-state index contributed by atoms with van der Waals surface area (Å²) in [6.45, 7) is 1.32. The number of hydrogen-bond donors (Lipinski definition) is 2. The van der Waals surface area contributed by atoms with E-state index < -0.39 is 40.8 Å². The molecule has 0 fully saturated rings. The third-order valence-electron chi connectivity index (χ3n) is 5.15. The van der Waals surface area contributed by atoms with Crippen molar-refractivity contribution in [1.82, 2.24) is 10.3 Å². The van der Waals surface area contributed by atoms with E-state index in [4.69, 9.17) is 4.55 Å². The molecule has 3 aromatic rings. The summed E-state index contributed by atoms with van der Waals surface area (Å²) in [6.07, 6.45) is -4.67. The lowest BCUT2D eigenvalue weighted by atomic mass is 9.99. The lowest BCUT2D eigenvalue weighted by Crippen LogP contribution is -2.28. The highest BCUT2D eigenvalue weighted by Gasteiger charge is 2.33. The highest BCUT2D eigenvalue weighted by atomic mass is 32.2. The van der Waals surface area contributed by atoms with Crippen molar-refractivity contribution in [3.05, 3.63) is 83.3 Å². The van der Waals surface area contributed by atoms with Gasteiger partial charge < -0.3 is 5.32 Å². The fraction of sp³-hybridized carbons (Fsp3) is 0.217. The van der Waals surface area contributed by atoms with E-state index in [1.807, 2.05) is 0 Å². The second-order valence-electron chi connectivity index (χ2n) is 7.49. The summed E-state index contributed by atoms with van der Waals surface area (Å²) in [5.41, 5.74) is -0.0761. The van der Waals surface area contributed by atoms with Gasteiger partial charge in [0.2, 0.25) is 5.91 Å². The summed E-state index contributed by atoms with van der Waals surface area (Å²) < 4.78 is 75.5. The summed E-state index contributed by atoms with van der Waals surface area (Å²) in [6, 6.07) is 14.5. The van der Waals surface area contributed by atoms with Gasteiger partial charge in [-0.2, -0.15) is 13.2 Å². The number of nitrogens with zero attached hydrogens (tertiary/aromatic N) is 2. The van der Waals surface area contributed by atoms with E-state index >= 15 is 0 Å². The van der Waals surface area contributed by atoms with E-state index in [0.717, 1.165) is 16.4 Å². The van der Waals surface area contributed by atoms with Crippen LogP contribution in [-0.2, 0) is 28.8 Å². The van der Waals surface area contributed by atoms with Crippen molar-refractivity contribution >= 4 is 22.9 Å². The first-order chi connectivity index (χ1) is 16.0. The van der Waals surface area contributed by atoms with Crippen LogP contribution in [0.15, 0.2) is 60.7 Å². The highest BCUT2D eigenvalue weighted by Crippen LogP contribution is 2.31. The van der Waals surface area contributed by atoms with Crippen molar-refractivity contribution in [2.45, 2.75) is 25.6 Å². The van der Waals surface area contributed by atoms with Crippen LogP contribution in [0.25, 0.3) is 11.3 Å². The highest BCUT2D eigenvalue weighted by molar-refractivity contribution is 7.80. The molecule has 0 spiro atoms. The lowest BCUT2D eigenvalue weighted by Gasteiger charge is -2.18. The van der Waals surface area contributed by atoms with Crippen LogP contribution >= 0.6 is 0 Å². The number of nitrogens with one attached hydrogen (secondary N) is 1. The quantitative estimate of drug-likeness (QED) is 0.361. The molecule has 0 saturated carbocycles. The SMILES string of the molecule is CC(C(=O)NCc1cc(-c2ccccc2)nc(C(F)(F)F)c1)c1ccc(N(C)S(=O)O)c(F)c1. The molecule has 0 radical (unpaired) electrons. The number of carbonyl (C=O) groups excluding carboxylic acids is 1. The summed E-state index contributed by atoms with van der Waals surface area (Å²) >= 11 is -2.42. The molecule has 0 aliphatic heterocycles. The summed E-state index contributed by atoms with van der Waals surface area (Å²) in [4.78, 5) is 16.3. The molecule has 1 amide bonds. The average molecular weight is 495 g/mol. The zero-order valence-corrected chi connectivity index (χ0v) is 19.0. The first-order valence-electron chi connectivity index (χ1n) is 10.0. The van der Waals surface area contributed by atoms with Gasteiger partial charge in [0.1, 0.15) is 11.5 Å². The topological polar surface area (TPSA) is 82.5 Å². The second-order valence-corrected chi connectivity index (χ2v) is 8.50. The van der Waals surface area contributed by atoms with Gasteiger partial charge in [-0.15, -0.1) is 0 Å². The normalized spacial score (nSPS) is 13.3. The van der Waals surface area contributed by atoms with Crippen molar-refractivity contribution < 1.29 is 31.1 Å². The van der Waals surface area contributed by atoms with Gasteiger partial charge in [-0.3, -0.25) is 13.7 Å². The van der Waals surface area contributed by atoms with Crippen LogP contribution in [-0.4, -0.2) is 26.7 Å². The standard InChI is InChI=1S/C23H21F4N3O3S/c1-14(17-8-9-20(18(24)12-17)30(2)34(32)33)22(31)28-13-15-10-19(16-6-4-3-5-7-16)29-21(11-15)23(25,26)27/h3-12,14H,13H2,1-2H3,(H,28,31)(H,32,33). The Morgan fingerprint density at radius 1 is 1.15 bits per heavy atom. The van der Waals surface area contributed by atoms with Gasteiger partial charge in [0, 0.05) is 19.2 Å². The summed E-state index contributed by atoms with van der Waals surface area (Å²) in [5, 5.41) is 2.57. The van der Waals surface area contributed by atoms with Crippen LogP contribution < -0.4 is 9.62 Å². The molecule has 6 nitrogen and oxygen atoms in total. The Labute approximate surface area is 196 Å². The van der Waals surface area contributed by atoms with Gasteiger partial charge in [-0.05, 0) is 42.3 Å². The van der Waals surface area contributed by atoms with Crippen molar-refractivity contribution in [2.24, 2.45) is 0 Å². The number of hydrogen-bond acceptors (Lipinski definition) is 3. The Morgan fingerprint density at radius 2 is 1.82 bits per heavy atom. The lowest BCUT2D eigenvalue weighted by molar-refractivity contribution is -0.141. The fourth-order valence-corrected chi connectivity index (χ4v) is 3.53. The van der Waals surface area contributed by atoms with Gasteiger partial charge in [-0.1, -0.05) is 36.4 Å². The number of pyridine rings is 1. The van der Waals surface area contributed by atoms with E-state index in [1.54, 1.807) is 30.3 Å². The van der Waals surface area contributed by atoms with Crippen molar-refractivity contribution in [1.29, 1.82) is 0 Å². The second kappa shape index (κ2) is 10.3. The molecule has 34 heavy (non-hydrogen) atoms.